The Morgan fingerprint density at radius 3 is 2.50 bits per heavy atom. The number of carbonyl (C=O) groups excluding carboxylic acids is 1. The van der Waals surface area contributed by atoms with Gasteiger partial charge in [0.2, 0.25) is 0 Å². The van der Waals surface area contributed by atoms with E-state index in [4.69, 9.17) is 14.9 Å². The predicted octanol–water partition coefficient (Wildman–Crippen LogP) is 5.42. The maximum Gasteiger partial charge on any atom is 0.413 e. The van der Waals surface area contributed by atoms with E-state index >= 15 is 0 Å². The third kappa shape index (κ3) is 5.18. The molecule has 1 aromatic heterocycles. The van der Waals surface area contributed by atoms with Gasteiger partial charge in [0.15, 0.2) is 5.84 Å². The minimum atomic E-state index is -1.16. The van der Waals surface area contributed by atoms with Gasteiger partial charge in [0.1, 0.15) is 18.0 Å². The van der Waals surface area contributed by atoms with Crippen LogP contribution in [0.2, 0.25) is 0 Å². The summed E-state index contributed by atoms with van der Waals surface area (Å²) in [7, 11) is 3.35. The average molecular weight is 588 g/mol. The van der Waals surface area contributed by atoms with Crippen molar-refractivity contribution in [3.05, 3.63) is 76.2 Å². The maximum absolute atomic E-state index is 13.8. The number of anilines is 1. The van der Waals surface area contributed by atoms with Crippen LogP contribution in [-0.4, -0.2) is 67.5 Å². The van der Waals surface area contributed by atoms with Gasteiger partial charge in [-0.25, -0.2) is 4.79 Å². The predicted molar refractivity (Wildman–Crippen MR) is 163 cm³/mol. The van der Waals surface area contributed by atoms with Crippen LogP contribution >= 0.6 is 11.9 Å². The zero-order chi connectivity index (χ0) is 30.3. The van der Waals surface area contributed by atoms with Gasteiger partial charge in [0.05, 0.1) is 18.5 Å². The molecule has 0 saturated carbocycles. The molecule has 0 spiro atoms. The Labute approximate surface area is 248 Å². The highest BCUT2D eigenvalue weighted by atomic mass is 32.2. The van der Waals surface area contributed by atoms with Crippen molar-refractivity contribution >= 4 is 35.5 Å². The van der Waals surface area contributed by atoms with Crippen LogP contribution in [0.25, 0.3) is 11.3 Å². The number of carboxylic acid groups (broad SMARTS) is 1. The lowest BCUT2D eigenvalue weighted by atomic mass is 10.0. The van der Waals surface area contributed by atoms with Crippen LogP contribution in [0.15, 0.2) is 47.0 Å². The van der Waals surface area contributed by atoms with Gasteiger partial charge in [-0.1, -0.05) is 18.2 Å². The van der Waals surface area contributed by atoms with Gasteiger partial charge in [0, 0.05) is 52.5 Å². The highest BCUT2D eigenvalue weighted by Crippen LogP contribution is 2.40. The summed E-state index contributed by atoms with van der Waals surface area (Å²) in [5, 5.41) is 19.9. The molecule has 11 nitrogen and oxygen atoms in total. The molecule has 0 radical (unpaired) electrons. The van der Waals surface area contributed by atoms with Crippen LogP contribution in [-0.2, 0) is 12.3 Å². The molecule has 2 amide bonds. The number of para-hydroxylation sites is 1. The Kier molecular flexibility index (Phi) is 7.67. The summed E-state index contributed by atoms with van der Waals surface area (Å²) in [6.45, 7) is 9.44. The monoisotopic (exact) mass is 587 g/mol. The first-order valence-corrected chi connectivity index (χ1v) is 14.3. The number of amides is 2. The molecule has 1 aromatic carbocycles. The molecule has 1 aliphatic carbocycles. The van der Waals surface area contributed by atoms with Crippen LogP contribution in [0.5, 0.6) is 5.75 Å². The maximum atomic E-state index is 13.8. The fourth-order valence-electron chi connectivity index (χ4n) is 5.17. The second kappa shape index (κ2) is 11.1. The standard InChI is InChI=1S/C30H33N7O4S/c1-17-14-31-23(18(2)26(17)41-7)15-36-32-22-13-20(28(38)35(6)19-11-9-8-10-12-19)21-16-42-34-27(25(33-36)24(21)22)37(29(39)40)30(3,4)5/h8-14H,15-16H2,1-7H3,(H,39,40). The molecule has 0 saturated heterocycles. The molecule has 3 aliphatic rings. The van der Waals surface area contributed by atoms with E-state index in [9.17, 15) is 14.7 Å². The molecule has 12 heteroatoms. The van der Waals surface area contributed by atoms with Gasteiger partial charge >= 0.3 is 6.09 Å². The number of ether oxygens (including phenoxy) is 1. The Balaban J connectivity index is 1.71. The SMILES string of the molecule is COc1c(C)cnc(Cn2nc3cc(C(=O)N(C)c4ccccc4)c4c-3c(n2)C(N(C(=O)O)C(C)(C)C)=NSC4)c1C. The fraction of sp³-hybridized carbons (Fsp3) is 0.333. The Morgan fingerprint density at radius 1 is 1.14 bits per heavy atom. The van der Waals surface area contributed by atoms with Crippen molar-refractivity contribution in [2.75, 3.05) is 19.1 Å². The number of pyridine rings is 1. The lowest BCUT2D eigenvalue weighted by Gasteiger charge is -2.33. The van der Waals surface area contributed by atoms with Crippen molar-refractivity contribution < 1.29 is 19.4 Å². The first-order valence-electron chi connectivity index (χ1n) is 13.4. The largest absolute Gasteiger partial charge is 0.496 e. The number of rotatable bonds is 5. The molecule has 3 heterocycles. The Morgan fingerprint density at radius 2 is 1.86 bits per heavy atom. The van der Waals surface area contributed by atoms with Crippen molar-refractivity contribution in [1.82, 2.24) is 24.9 Å². The summed E-state index contributed by atoms with van der Waals surface area (Å²) in [5.41, 5.74) is 5.06. The summed E-state index contributed by atoms with van der Waals surface area (Å²) < 4.78 is 10.2. The number of methoxy groups -OCH3 is 1. The fourth-order valence-corrected chi connectivity index (χ4v) is 5.95. The number of amidine groups is 1. The average Bonchev–Trinajstić information content (AvgIpc) is 3.20. The van der Waals surface area contributed by atoms with Crippen molar-refractivity contribution in [3.63, 3.8) is 0 Å². The van der Waals surface area contributed by atoms with Crippen LogP contribution in [0.1, 0.15) is 59.2 Å². The number of carbonyl (C=O) groups is 2. The third-order valence-corrected chi connectivity index (χ3v) is 7.92. The van der Waals surface area contributed by atoms with E-state index < -0.39 is 11.6 Å². The molecule has 0 unspecified atom stereocenters. The Bertz CT molecular complexity index is 1680. The first-order chi connectivity index (χ1) is 19.9. The van der Waals surface area contributed by atoms with E-state index in [1.807, 2.05) is 44.2 Å². The molecule has 2 aliphatic heterocycles. The molecule has 1 N–H and O–H groups in total. The zero-order valence-corrected chi connectivity index (χ0v) is 25.5. The second-order valence-electron chi connectivity index (χ2n) is 11.1. The van der Waals surface area contributed by atoms with Crippen molar-refractivity contribution in [2.24, 2.45) is 4.40 Å². The Hall–Kier alpha value is -4.45. The summed E-state index contributed by atoms with van der Waals surface area (Å²) in [6.07, 6.45) is 0.581. The van der Waals surface area contributed by atoms with E-state index in [2.05, 4.69) is 9.38 Å². The molecular weight excluding hydrogens is 554 g/mol. The topological polar surface area (TPSA) is 126 Å². The van der Waals surface area contributed by atoms with E-state index in [-0.39, 0.29) is 18.3 Å². The van der Waals surface area contributed by atoms with Gasteiger partial charge in [0.25, 0.3) is 5.91 Å². The minimum Gasteiger partial charge on any atom is -0.496 e. The first kappa shape index (κ1) is 29.1. The molecular formula is C30H33N7O4S. The molecule has 42 heavy (non-hydrogen) atoms. The number of benzene rings is 1. The molecule has 218 valence electrons. The lowest BCUT2D eigenvalue weighted by Crippen LogP contribution is -2.49. The quantitative estimate of drug-likeness (QED) is 0.307. The zero-order valence-electron chi connectivity index (χ0n) is 24.7. The van der Waals surface area contributed by atoms with Crippen molar-refractivity contribution in [3.8, 4) is 17.0 Å². The van der Waals surface area contributed by atoms with E-state index in [0.717, 1.165) is 22.6 Å². The number of aromatic nitrogens is 4. The molecule has 0 atom stereocenters. The summed E-state index contributed by atoms with van der Waals surface area (Å²) >= 11 is 1.18. The van der Waals surface area contributed by atoms with Crippen molar-refractivity contribution in [1.29, 1.82) is 0 Å². The van der Waals surface area contributed by atoms with Gasteiger partial charge in [-0.15, -0.1) is 0 Å². The molecule has 2 aromatic rings. The van der Waals surface area contributed by atoms with Gasteiger partial charge < -0.3 is 14.7 Å². The highest BCUT2D eigenvalue weighted by Gasteiger charge is 2.38. The normalized spacial score (nSPS) is 13.0. The molecule has 0 fully saturated rings. The number of aryl methyl sites for hydroxylation is 1. The second-order valence-corrected chi connectivity index (χ2v) is 11.8. The minimum absolute atomic E-state index is 0.187. The van der Waals surface area contributed by atoms with E-state index in [0.29, 0.717) is 39.5 Å². The summed E-state index contributed by atoms with van der Waals surface area (Å²) in [4.78, 5) is 35.3. The van der Waals surface area contributed by atoms with Gasteiger partial charge in [-0.3, -0.25) is 14.7 Å². The summed E-state index contributed by atoms with van der Waals surface area (Å²) in [6, 6.07) is 11.1. The van der Waals surface area contributed by atoms with Crippen LogP contribution in [0.4, 0.5) is 10.5 Å². The lowest BCUT2D eigenvalue weighted by molar-refractivity contribution is 0.0992. The van der Waals surface area contributed by atoms with Crippen LogP contribution < -0.4 is 9.64 Å². The number of hydrogen-bond donors (Lipinski definition) is 1. The number of nitrogens with zero attached hydrogens (tertiary/aromatic N) is 7. The van der Waals surface area contributed by atoms with Crippen LogP contribution in [0, 0.1) is 13.8 Å². The van der Waals surface area contributed by atoms with E-state index in [1.54, 1.807) is 52.1 Å². The highest BCUT2D eigenvalue weighted by molar-refractivity contribution is 7.97. The molecule has 0 bridgehead atoms. The summed E-state index contributed by atoms with van der Waals surface area (Å²) in [5.74, 6) is 1.06. The van der Waals surface area contributed by atoms with Crippen LogP contribution in [0.3, 0.4) is 0 Å². The smallest absolute Gasteiger partial charge is 0.413 e. The number of hydrogen-bond acceptors (Lipinski definition) is 8. The van der Waals surface area contributed by atoms with Crippen molar-refractivity contribution in [2.45, 2.75) is 52.5 Å². The molecule has 5 rings (SSSR count). The van der Waals surface area contributed by atoms with Gasteiger partial charge in [-0.05, 0) is 70.3 Å². The van der Waals surface area contributed by atoms with Gasteiger partial charge in [-0.2, -0.15) is 19.4 Å². The third-order valence-electron chi connectivity index (χ3n) is 7.20. The van der Waals surface area contributed by atoms with E-state index in [1.165, 1.54) is 21.6 Å².